The molecule has 18 heavy (non-hydrogen) atoms. The van der Waals surface area contributed by atoms with Crippen molar-refractivity contribution in [3.8, 4) is 0 Å². The fourth-order valence-electron chi connectivity index (χ4n) is 1.69. The molecule has 0 unspecified atom stereocenters. The molecule has 0 amide bonds. The van der Waals surface area contributed by atoms with E-state index in [1.807, 2.05) is 0 Å². The summed E-state index contributed by atoms with van der Waals surface area (Å²) in [6.45, 7) is 0.555. The minimum atomic E-state index is -0.815. The van der Waals surface area contributed by atoms with Crippen LogP contribution >= 0.6 is 0 Å². The Morgan fingerprint density at radius 1 is 1.50 bits per heavy atom. The number of hydrogen-bond donors (Lipinski definition) is 3. The number of aromatic amines is 1. The Hall–Kier alpha value is -2.38. The summed E-state index contributed by atoms with van der Waals surface area (Å²) in [5.74, 6) is -0.774. The fourth-order valence-corrected chi connectivity index (χ4v) is 1.69. The monoisotopic (exact) mass is 251 g/mol. The van der Waals surface area contributed by atoms with Crippen LogP contribution in [-0.4, -0.2) is 30.6 Å². The van der Waals surface area contributed by atoms with Gasteiger partial charge >= 0.3 is 5.97 Å². The molecule has 0 bridgehead atoms. The van der Waals surface area contributed by atoms with Gasteiger partial charge in [-0.05, 0) is 12.8 Å². The van der Waals surface area contributed by atoms with Crippen LogP contribution in [0.3, 0.4) is 0 Å². The highest BCUT2D eigenvalue weighted by Gasteiger charge is 2.08. The zero-order chi connectivity index (χ0) is 13.1. The summed E-state index contributed by atoms with van der Waals surface area (Å²) in [5, 5.41) is 8.52. The van der Waals surface area contributed by atoms with Crippen molar-refractivity contribution in [3.63, 3.8) is 0 Å². The third kappa shape index (κ3) is 2.47. The number of nitrogens with two attached hydrogens (primary N) is 1. The lowest BCUT2D eigenvalue weighted by atomic mass is 10.2. The number of nitrogens with one attached hydrogen (secondary N) is 1. The van der Waals surface area contributed by atoms with E-state index in [1.165, 1.54) is 6.33 Å². The predicted octanol–water partition coefficient (Wildman–Crippen LogP) is -0.0433. The summed E-state index contributed by atoms with van der Waals surface area (Å²) >= 11 is 0. The number of imidazole rings is 1. The Morgan fingerprint density at radius 2 is 2.28 bits per heavy atom. The first kappa shape index (κ1) is 12.1. The van der Waals surface area contributed by atoms with E-state index in [-0.39, 0.29) is 23.4 Å². The summed E-state index contributed by atoms with van der Waals surface area (Å²) in [6.07, 6.45) is 2.87. The quantitative estimate of drug-likeness (QED) is 0.640. The van der Waals surface area contributed by atoms with Gasteiger partial charge in [-0.25, -0.2) is 4.98 Å². The molecule has 0 aromatic carbocycles. The number of carboxylic acids is 1. The summed E-state index contributed by atoms with van der Waals surface area (Å²) in [5.41, 5.74) is 5.75. The van der Waals surface area contributed by atoms with E-state index in [9.17, 15) is 9.59 Å². The standard InChI is InChI=1S/C10H13N5O3/c11-10-13-8-7(9(18)14-10)12-5-15(8)4-2-1-3-6(16)17/h5H,1-4H2,(H,16,17)(H3,11,13,14,18). The number of rotatable bonds is 5. The number of carbonyl (C=O) groups is 1. The van der Waals surface area contributed by atoms with E-state index in [0.29, 0.717) is 25.0 Å². The number of unbranched alkanes of at least 4 members (excludes halogenated alkanes) is 1. The highest BCUT2D eigenvalue weighted by Crippen LogP contribution is 2.08. The molecule has 2 heterocycles. The third-order valence-corrected chi connectivity index (χ3v) is 2.53. The number of aliphatic carboxylic acids is 1. The smallest absolute Gasteiger partial charge is 0.303 e. The summed E-state index contributed by atoms with van der Waals surface area (Å²) in [4.78, 5) is 32.2. The number of H-pyrrole nitrogens is 1. The van der Waals surface area contributed by atoms with Crippen LogP contribution in [0.1, 0.15) is 19.3 Å². The van der Waals surface area contributed by atoms with Crippen LogP contribution in [0, 0.1) is 0 Å². The second kappa shape index (κ2) is 4.86. The maximum absolute atomic E-state index is 11.5. The van der Waals surface area contributed by atoms with Crippen LogP contribution in [0.25, 0.3) is 11.2 Å². The molecule has 0 spiro atoms. The van der Waals surface area contributed by atoms with Gasteiger partial charge in [-0.2, -0.15) is 4.98 Å². The molecule has 0 fully saturated rings. The zero-order valence-corrected chi connectivity index (χ0v) is 9.59. The minimum Gasteiger partial charge on any atom is -0.481 e. The van der Waals surface area contributed by atoms with E-state index < -0.39 is 5.97 Å². The molecule has 8 nitrogen and oxygen atoms in total. The van der Waals surface area contributed by atoms with E-state index >= 15 is 0 Å². The number of hydrogen-bond acceptors (Lipinski definition) is 5. The Labute approximate surface area is 101 Å². The number of anilines is 1. The molecule has 8 heteroatoms. The largest absolute Gasteiger partial charge is 0.481 e. The maximum atomic E-state index is 11.5. The van der Waals surface area contributed by atoms with Gasteiger partial charge in [-0.3, -0.25) is 14.6 Å². The van der Waals surface area contributed by atoms with Crippen LogP contribution in [0.2, 0.25) is 0 Å². The van der Waals surface area contributed by atoms with Gasteiger partial charge < -0.3 is 15.4 Å². The second-order valence-electron chi connectivity index (χ2n) is 3.91. The topological polar surface area (TPSA) is 127 Å². The summed E-state index contributed by atoms with van der Waals surface area (Å²) in [6, 6.07) is 0. The van der Waals surface area contributed by atoms with Crippen molar-refractivity contribution < 1.29 is 9.90 Å². The average molecular weight is 251 g/mol. The van der Waals surface area contributed by atoms with Crippen molar-refractivity contribution in [2.24, 2.45) is 0 Å². The number of fused-ring (bicyclic) bond motifs is 1. The molecule has 0 saturated heterocycles. The summed E-state index contributed by atoms with van der Waals surface area (Å²) < 4.78 is 1.70. The SMILES string of the molecule is Nc1nc2c(ncn2CCCCC(=O)O)c(=O)[nH]1. The number of nitrogen functional groups attached to an aromatic ring is 1. The first-order valence-electron chi connectivity index (χ1n) is 5.50. The lowest BCUT2D eigenvalue weighted by Crippen LogP contribution is -2.12. The normalized spacial score (nSPS) is 10.9. The Balaban J connectivity index is 2.14. The summed E-state index contributed by atoms with van der Waals surface area (Å²) in [7, 11) is 0. The van der Waals surface area contributed by atoms with Gasteiger partial charge in [0.2, 0.25) is 5.95 Å². The molecule has 0 saturated carbocycles. The van der Waals surface area contributed by atoms with Crippen LogP contribution in [0.4, 0.5) is 5.95 Å². The molecule has 2 rings (SSSR count). The fraction of sp³-hybridized carbons (Fsp3) is 0.400. The molecule has 2 aromatic heterocycles. The molecule has 0 aliphatic rings. The number of aryl methyl sites for hydroxylation is 1. The molecule has 0 radical (unpaired) electrons. The average Bonchev–Trinajstić information content (AvgIpc) is 2.67. The van der Waals surface area contributed by atoms with E-state index in [4.69, 9.17) is 10.8 Å². The maximum Gasteiger partial charge on any atom is 0.303 e. The molecular formula is C10H13N5O3. The number of carboxylic acid groups (broad SMARTS) is 1. The number of nitrogens with zero attached hydrogens (tertiary/aromatic N) is 3. The lowest BCUT2D eigenvalue weighted by molar-refractivity contribution is -0.137. The molecule has 0 aliphatic heterocycles. The van der Waals surface area contributed by atoms with E-state index in [0.717, 1.165) is 0 Å². The predicted molar refractivity (Wildman–Crippen MR) is 64.0 cm³/mol. The third-order valence-electron chi connectivity index (χ3n) is 2.53. The second-order valence-corrected chi connectivity index (χ2v) is 3.91. The van der Waals surface area contributed by atoms with Gasteiger partial charge in [0.15, 0.2) is 11.2 Å². The van der Waals surface area contributed by atoms with Gasteiger partial charge in [-0.15, -0.1) is 0 Å². The van der Waals surface area contributed by atoms with Gasteiger partial charge in [0, 0.05) is 13.0 Å². The van der Waals surface area contributed by atoms with Crippen LogP contribution < -0.4 is 11.3 Å². The zero-order valence-electron chi connectivity index (χ0n) is 9.59. The van der Waals surface area contributed by atoms with Crippen LogP contribution in [0.15, 0.2) is 11.1 Å². The Bertz CT molecular complexity index is 630. The highest BCUT2D eigenvalue weighted by molar-refractivity contribution is 5.70. The van der Waals surface area contributed by atoms with Gasteiger partial charge in [0.25, 0.3) is 5.56 Å². The lowest BCUT2D eigenvalue weighted by Gasteiger charge is -2.02. The van der Waals surface area contributed by atoms with E-state index in [1.54, 1.807) is 4.57 Å². The van der Waals surface area contributed by atoms with Crippen molar-refractivity contribution in [1.82, 2.24) is 19.5 Å². The molecule has 4 N–H and O–H groups in total. The molecule has 0 aliphatic carbocycles. The Kier molecular flexibility index (Phi) is 3.26. The first-order chi connectivity index (χ1) is 8.58. The van der Waals surface area contributed by atoms with Crippen LogP contribution in [0.5, 0.6) is 0 Å². The van der Waals surface area contributed by atoms with Crippen LogP contribution in [-0.2, 0) is 11.3 Å². The molecule has 2 aromatic rings. The van der Waals surface area contributed by atoms with Gasteiger partial charge in [0.1, 0.15) is 0 Å². The van der Waals surface area contributed by atoms with Crippen molar-refractivity contribution in [3.05, 3.63) is 16.7 Å². The van der Waals surface area contributed by atoms with Crippen molar-refractivity contribution >= 4 is 23.1 Å². The number of aromatic nitrogens is 4. The Morgan fingerprint density at radius 3 is 3.00 bits per heavy atom. The highest BCUT2D eigenvalue weighted by atomic mass is 16.4. The van der Waals surface area contributed by atoms with Crippen molar-refractivity contribution in [1.29, 1.82) is 0 Å². The van der Waals surface area contributed by atoms with Gasteiger partial charge in [0.05, 0.1) is 6.33 Å². The van der Waals surface area contributed by atoms with Crippen molar-refractivity contribution in [2.45, 2.75) is 25.8 Å². The molecule has 0 atom stereocenters. The van der Waals surface area contributed by atoms with Gasteiger partial charge in [-0.1, -0.05) is 0 Å². The van der Waals surface area contributed by atoms with Crippen molar-refractivity contribution in [2.75, 3.05) is 5.73 Å². The van der Waals surface area contributed by atoms with E-state index in [2.05, 4.69) is 15.0 Å². The molecular weight excluding hydrogens is 238 g/mol. The minimum absolute atomic E-state index is 0.0415. The first-order valence-corrected chi connectivity index (χ1v) is 5.50. The molecule has 96 valence electrons.